The van der Waals surface area contributed by atoms with E-state index >= 15 is 0 Å². The summed E-state index contributed by atoms with van der Waals surface area (Å²) in [5, 5.41) is 2.57. The molecule has 0 atom stereocenters. The lowest BCUT2D eigenvalue weighted by molar-refractivity contribution is 0.367. The van der Waals surface area contributed by atoms with Crippen LogP contribution in [0.1, 0.15) is 25.6 Å². The first-order chi connectivity index (χ1) is 8.19. The van der Waals surface area contributed by atoms with Crippen molar-refractivity contribution in [1.82, 2.24) is 15.0 Å². The van der Waals surface area contributed by atoms with Crippen molar-refractivity contribution in [3.05, 3.63) is 11.1 Å². The molecule has 0 amide bonds. The molecule has 0 aliphatic carbocycles. The minimum atomic E-state index is -0.938. The molecule has 1 heterocycles. The number of nitrogens with one attached hydrogen (secondary N) is 1. The summed E-state index contributed by atoms with van der Waals surface area (Å²) in [5.41, 5.74) is 0. The van der Waals surface area contributed by atoms with Gasteiger partial charge >= 0.3 is 0 Å². The zero-order valence-corrected chi connectivity index (χ0v) is 10.3. The van der Waals surface area contributed by atoms with E-state index < -0.39 is 19.4 Å². The zero-order valence-electron chi connectivity index (χ0n) is 9.59. The number of aryl methyl sites for hydroxylation is 1. The smallest absolute Gasteiger partial charge is 0.227 e. The maximum atomic E-state index is 12.3. The molecule has 1 rings (SSSR count). The van der Waals surface area contributed by atoms with E-state index in [1.165, 1.54) is 0 Å². The van der Waals surface area contributed by atoms with Crippen molar-refractivity contribution in [3.63, 3.8) is 0 Å². The monoisotopic (exact) mass is 264 g/mol. The van der Waals surface area contributed by atoms with Gasteiger partial charge in [0.05, 0.1) is 6.04 Å². The second-order valence-corrected chi connectivity index (χ2v) is 3.94. The number of unbranched alkanes of at least 4 members (excludes halogenated alkanes) is 1. The maximum Gasteiger partial charge on any atom is 0.227 e. The van der Waals surface area contributed by atoms with Gasteiger partial charge in [0.15, 0.2) is 0 Å². The molecular weight excluding hydrogens is 250 g/mol. The van der Waals surface area contributed by atoms with Gasteiger partial charge < -0.3 is 5.32 Å². The van der Waals surface area contributed by atoms with E-state index in [1.54, 1.807) is 0 Å². The van der Waals surface area contributed by atoms with E-state index in [4.69, 9.17) is 11.6 Å². The Balaban J connectivity index is 2.74. The molecule has 1 N–H and O–H groups in total. The van der Waals surface area contributed by atoms with Crippen LogP contribution in [0.25, 0.3) is 0 Å². The van der Waals surface area contributed by atoms with Gasteiger partial charge in [0.2, 0.25) is 11.2 Å². The van der Waals surface area contributed by atoms with Crippen molar-refractivity contribution in [1.29, 1.82) is 0 Å². The van der Waals surface area contributed by atoms with E-state index in [0.29, 0.717) is 12.2 Å². The van der Waals surface area contributed by atoms with Crippen molar-refractivity contribution in [2.24, 2.45) is 0 Å². The average Bonchev–Trinajstić information content (AvgIpc) is 2.32. The molecule has 17 heavy (non-hydrogen) atoms. The second-order valence-electron chi connectivity index (χ2n) is 3.60. The Labute approximate surface area is 104 Å². The molecule has 4 nitrogen and oxygen atoms in total. The Hall–Kier alpha value is -1.04. The van der Waals surface area contributed by atoms with Crippen LogP contribution in [0.2, 0.25) is 5.28 Å². The number of aromatic nitrogens is 3. The van der Waals surface area contributed by atoms with E-state index in [-0.39, 0.29) is 11.2 Å². The van der Waals surface area contributed by atoms with E-state index in [9.17, 15) is 8.78 Å². The summed E-state index contributed by atoms with van der Waals surface area (Å²) in [6.45, 7) is 0.387. The molecule has 1 aromatic heterocycles. The first-order valence-electron chi connectivity index (χ1n) is 5.48. The third-order valence-corrected chi connectivity index (χ3v) is 2.28. The number of rotatable bonds is 7. The third kappa shape index (κ3) is 4.77. The average molecular weight is 265 g/mol. The molecular formula is C10H15ClF2N4. The number of hydrogen-bond acceptors (Lipinski definition) is 4. The van der Waals surface area contributed by atoms with Crippen LogP contribution >= 0.6 is 11.6 Å². The minimum Gasteiger partial charge on any atom is -0.346 e. The summed E-state index contributed by atoms with van der Waals surface area (Å²) in [6, 6.07) is -0.938. The van der Waals surface area contributed by atoms with Crippen LogP contribution in [0.3, 0.4) is 0 Å². The molecule has 0 fully saturated rings. The van der Waals surface area contributed by atoms with Crippen LogP contribution in [0, 0.1) is 0 Å². The first-order valence-corrected chi connectivity index (χ1v) is 5.86. The summed E-state index contributed by atoms with van der Waals surface area (Å²) in [5.74, 6) is 0.655. The number of halogens is 3. The highest BCUT2D eigenvalue weighted by molar-refractivity contribution is 6.28. The van der Waals surface area contributed by atoms with Gasteiger partial charge in [-0.25, -0.2) is 13.8 Å². The lowest BCUT2D eigenvalue weighted by atomic mass is 10.2. The lowest BCUT2D eigenvalue weighted by Crippen LogP contribution is -2.25. The Morgan fingerprint density at radius 1 is 1.24 bits per heavy atom. The first kappa shape index (κ1) is 14.0. The molecule has 1 aromatic rings. The Morgan fingerprint density at radius 3 is 2.53 bits per heavy atom. The van der Waals surface area contributed by atoms with Crippen LogP contribution in [-0.2, 0) is 6.42 Å². The topological polar surface area (TPSA) is 50.7 Å². The molecule has 0 aliphatic heterocycles. The van der Waals surface area contributed by atoms with E-state index in [2.05, 4.69) is 20.3 Å². The van der Waals surface area contributed by atoms with Crippen LogP contribution in [0.4, 0.5) is 14.7 Å². The largest absolute Gasteiger partial charge is 0.346 e. The zero-order chi connectivity index (χ0) is 12.7. The van der Waals surface area contributed by atoms with Gasteiger partial charge in [-0.15, -0.1) is 0 Å². The van der Waals surface area contributed by atoms with Gasteiger partial charge in [0.25, 0.3) is 0 Å². The maximum absolute atomic E-state index is 12.3. The predicted octanol–water partition coefficient (Wildman–Crippen LogP) is 2.59. The molecule has 0 aromatic carbocycles. The van der Waals surface area contributed by atoms with E-state index in [0.717, 1.165) is 12.8 Å². The normalized spacial score (nSPS) is 10.9. The number of anilines is 1. The fraction of sp³-hybridized carbons (Fsp3) is 0.700. The molecule has 0 saturated carbocycles. The molecule has 0 saturated heterocycles. The van der Waals surface area contributed by atoms with Gasteiger partial charge in [-0.2, -0.15) is 9.97 Å². The predicted molar refractivity (Wildman–Crippen MR) is 62.8 cm³/mol. The number of alkyl halides is 2. The number of nitrogens with zero attached hydrogens (tertiary/aromatic N) is 3. The van der Waals surface area contributed by atoms with Crippen LogP contribution in [0.15, 0.2) is 0 Å². The van der Waals surface area contributed by atoms with Gasteiger partial charge in [-0.1, -0.05) is 13.3 Å². The van der Waals surface area contributed by atoms with Crippen LogP contribution < -0.4 is 5.32 Å². The highest BCUT2D eigenvalue weighted by Gasteiger charge is 2.11. The summed E-state index contributed by atoms with van der Waals surface area (Å²) < 4.78 is 24.7. The third-order valence-electron chi connectivity index (χ3n) is 2.11. The Morgan fingerprint density at radius 2 is 1.94 bits per heavy atom. The van der Waals surface area contributed by atoms with Gasteiger partial charge in [-0.05, 0) is 18.0 Å². The molecule has 0 spiro atoms. The summed E-state index contributed by atoms with van der Waals surface area (Å²) in [7, 11) is 0. The summed E-state index contributed by atoms with van der Waals surface area (Å²) in [4.78, 5) is 11.8. The molecule has 96 valence electrons. The minimum absolute atomic E-state index is 0.0325. The fourth-order valence-electron chi connectivity index (χ4n) is 1.20. The van der Waals surface area contributed by atoms with Crippen molar-refractivity contribution >= 4 is 17.5 Å². The standard InChI is InChI=1S/C10H15ClF2N4/c1-2-3-4-8-15-9(11)17-10(16-8)14-7(5-12)6-13/h7H,2-6H2,1H3,(H,14,15,16,17). The van der Waals surface area contributed by atoms with Crippen LogP contribution in [-0.4, -0.2) is 34.3 Å². The quantitative estimate of drug-likeness (QED) is 0.822. The molecule has 7 heteroatoms. The Kier molecular flexibility index (Phi) is 6.04. The van der Waals surface area contributed by atoms with Gasteiger partial charge in [-0.3, -0.25) is 0 Å². The van der Waals surface area contributed by atoms with Gasteiger partial charge in [0, 0.05) is 6.42 Å². The summed E-state index contributed by atoms with van der Waals surface area (Å²) in [6.07, 6.45) is 2.60. The fourth-order valence-corrected chi connectivity index (χ4v) is 1.38. The lowest BCUT2D eigenvalue weighted by Gasteiger charge is -2.11. The molecule has 0 bridgehead atoms. The SMILES string of the molecule is CCCCc1nc(Cl)nc(NC(CF)CF)n1. The molecule has 0 aliphatic rings. The highest BCUT2D eigenvalue weighted by atomic mass is 35.5. The van der Waals surface area contributed by atoms with Crippen molar-refractivity contribution in [2.75, 3.05) is 18.7 Å². The second kappa shape index (κ2) is 7.32. The summed E-state index contributed by atoms with van der Waals surface area (Å²) >= 11 is 5.71. The van der Waals surface area contributed by atoms with E-state index in [1.807, 2.05) is 6.92 Å². The van der Waals surface area contributed by atoms with Crippen molar-refractivity contribution < 1.29 is 8.78 Å². The molecule has 0 radical (unpaired) electrons. The van der Waals surface area contributed by atoms with Gasteiger partial charge in [0.1, 0.15) is 19.2 Å². The Bertz CT molecular complexity index is 347. The molecule has 0 unspecified atom stereocenters. The van der Waals surface area contributed by atoms with Crippen LogP contribution in [0.5, 0.6) is 0 Å². The number of hydrogen-bond donors (Lipinski definition) is 1. The van der Waals surface area contributed by atoms with Crippen molar-refractivity contribution in [3.8, 4) is 0 Å². The highest BCUT2D eigenvalue weighted by Crippen LogP contribution is 2.09. The van der Waals surface area contributed by atoms with Crippen molar-refractivity contribution in [2.45, 2.75) is 32.2 Å².